The van der Waals surface area contributed by atoms with E-state index in [1.165, 1.54) is 14.2 Å². The van der Waals surface area contributed by atoms with Crippen molar-refractivity contribution >= 4 is 12.1 Å². The number of nitrogens with one attached hydrogen (secondary N) is 1. The Bertz CT molecular complexity index is 747. The number of alkyl carbamates (subject to hydrolysis) is 1. The molecule has 0 bridgehead atoms. The topological polar surface area (TPSA) is 94.1 Å². The van der Waals surface area contributed by atoms with Crippen molar-refractivity contribution in [2.75, 3.05) is 14.2 Å². The Labute approximate surface area is 151 Å². The molecule has 0 aliphatic rings. The highest BCUT2D eigenvalue weighted by Gasteiger charge is 2.23. The number of carbonyl (C=O) groups excluding carboxylic acids is 1. The van der Waals surface area contributed by atoms with Gasteiger partial charge in [0.2, 0.25) is 0 Å². The summed E-state index contributed by atoms with van der Waals surface area (Å²) >= 11 is 0. The Morgan fingerprint density at radius 3 is 2.42 bits per heavy atom. The molecule has 1 amide bonds. The Morgan fingerprint density at radius 1 is 1.08 bits per heavy atom. The van der Waals surface area contributed by atoms with Gasteiger partial charge >= 0.3 is 12.1 Å². The van der Waals surface area contributed by atoms with Crippen molar-refractivity contribution in [1.82, 2.24) is 5.32 Å². The molecule has 0 heterocycles. The molecule has 26 heavy (non-hydrogen) atoms. The van der Waals surface area contributed by atoms with Gasteiger partial charge < -0.3 is 24.6 Å². The molecule has 1 atom stereocenters. The minimum atomic E-state index is -1.07. The van der Waals surface area contributed by atoms with Crippen molar-refractivity contribution in [3.8, 4) is 11.5 Å². The zero-order chi connectivity index (χ0) is 18.9. The Balaban J connectivity index is 2.14. The molecule has 138 valence electrons. The highest BCUT2D eigenvalue weighted by molar-refractivity contribution is 5.72. The first-order chi connectivity index (χ1) is 12.5. The van der Waals surface area contributed by atoms with Crippen molar-refractivity contribution in [2.24, 2.45) is 0 Å². The SMILES string of the molecule is COc1ccc(OC)c([C@H](CC(=O)O)NC(=O)OCc2ccccc2)c1. The number of hydrogen-bond donors (Lipinski definition) is 2. The van der Waals surface area contributed by atoms with E-state index in [1.54, 1.807) is 18.2 Å². The summed E-state index contributed by atoms with van der Waals surface area (Å²) in [4.78, 5) is 23.4. The summed E-state index contributed by atoms with van der Waals surface area (Å²) in [7, 11) is 2.97. The monoisotopic (exact) mass is 359 g/mol. The van der Waals surface area contributed by atoms with Crippen LogP contribution < -0.4 is 14.8 Å². The van der Waals surface area contributed by atoms with Crippen LogP contribution in [0, 0.1) is 0 Å². The summed E-state index contributed by atoms with van der Waals surface area (Å²) in [6, 6.07) is 13.3. The van der Waals surface area contributed by atoms with Crippen molar-refractivity contribution in [2.45, 2.75) is 19.1 Å². The molecule has 0 aliphatic heterocycles. The molecule has 2 aromatic rings. The fourth-order valence-electron chi connectivity index (χ4n) is 2.43. The molecule has 0 saturated carbocycles. The molecule has 0 aliphatic carbocycles. The molecule has 0 aromatic heterocycles. The second-order valence-electron chi connectivity index (χ2n) is 5.46. The van der Waals surface area contributed by atoms with E-state index in [4.69, 9.17) is 14.2 Å². The number of carboxylic acids is 1. The van der Waals surface area contributed by atoms with E-state index in [0.29, 0.717) is 17.1 Å². The number of methoxy groups -OCH3 is 2. The highest BCUT2D eigenvalue weighted by Crippen LogP contribution is 2.31. The summed E-state index contributed by atoms with van der Waals surface area (Å²) < 4.78 is 15.6. The lowest BCUT2D eigenvalue weighted by molar-refractivity contribution is -0.137. The van der Waals surface area contributed by atoms with Crippen LogP contribution in [0.15, 0.2) is 48.5 Å². The van der Waals surface area contributed by atoms with Gasteiger partial charge in [-0.25, -0.2) is 4.79 Å². The maximum Gasteiger partial charge on any atom is 0.407 e. The number of rotatable bonds is 8. The molecular formula is C19H21NO6. The molecule has 0 spiro atoms. The van der Waals surface area contributed by atoms with Crippen LogP contribution in [0.25, 0.3) is 0 Å². The van der Waals surface area contributed by atoms with E-state index in [0.717, 1.165) is 5.56 Å². The third-order valence-electron chi connectivity index (χ3n) is 3.70. The standard InChI is InChI=1S/C19H21NO6/c1-24-14-8-9-17(25-2)15(10-14)16(11-18(21)22)20-19(23)26-12-13-6-4-3-5-7-13/h3-10,16H,11-12H2,1-2H3,(H,20,23)(H,21,22)/t16-/m0/s1. The smallest absolute Gasteiger partial charge is 0.407 e. The first-order valence-corrected chi connectivity index (χ1v) is 7.94. The fraction of sp³-hybridized carbons (Fsp3) is 0.263. The molecule has 0 fully saturated rings. The fourth-order valence-corrected chi connectivity index (χ4v) is 2.43. The van der Waals surface area contributed by atoms with Gasteiger partial charge in [-0.15, -0.1) is 0 Å². The van der Waals surface area contributed by atoms with Crippen LogP contribution in [-0.2, 0) is 16.1 Å². The first kappa shape index (κ1) is 19.1. The number of ether oxygens (including phenoxy) is 3. The van der Waals surface area contributed by atoms with Crippen LogP contribution in [0.3, 0.4) is 0 Å². The number of hydrogen-bond acceptors (Lipinski definition) is 5. The lowest BCUT2D eigenvalue weighted by atomic mass is 10.0. The number of amides is 1. The summed E-state index contributed by atoms with van der Waals surface area (Å²) in [6.07, 6.45) is -1.05. The average molecular weight is 359 g/mol. The lowest BCUT2D eigenvalue weighted by Gasteiger charge is -2.20. The molecule has 7 nitrogen and oxygen atoms in total. The Hall–Kier alpha value is -3.22. The summed E-state index contributed by atoms with van der Waals surface area (Å²) in [5.41, 5.74) is 1.32. The van der Waals surface area contributed by atoms with Gasteiger partial charge in [-0.3, -0.25) is 4.79 Å². The van der Waals surface area contributed by atoms with Crippen LogP contribution in [0.5, 0.6) is 11.5 Å². The van der Waals surface area contributed by atoms with Crippen LogP contribution in [0.4, 0.5) is 4.79 Å². The van der Waals surface area contributed by atoms with Crippen LogP contribution >= 0.6 is 0 Å². The second-order valence-corrected chi connectivity index (χ2v) is 5.46. The highest BCUT2D eigenvalue weighted by atomic mass is 16.5. The van der Waals surface area contributed by atoms with E-state index < -0.39 is 18.1 Å². The minimum Gasteiger partial charge on any atom is -0.497 e. The normalized spacial score (nSPS) is 11.3. The molecule has 0 radical (unpaired) electrons. The molecular weight excluding hydrogens is 338 g/mol. The maximum absolute atomic E-state index is 12.1. The van der Waals surface area contributed by atoms with Crippen molar-refractivity contribution in [1.29, 1.82) is 0 Å². The van der Waals surface area contributed by atoms with E-state index >= 15 is 0 Å². The van der Waals surface area contributed by atoms with Crippen molar-refractivity contribution in [3.05, 3.63) is 59.7 Å². The zero-order valence-electron chi connectivity index (χ0n) is 14.6. The largest absolute Gasteiger partial charge is 0.497 e. The molecule has 2 aromatic carbocycles. The molecule has 2 N–H and O–H groups in total. The van der Waals surface area contributed by atoms with Crippen molar-refractivity contribution < 1.29 is 28.9 Å². The summed E-state index contributed by atoms with van der Waals surface area (Å²) in [6.45, 7) is 0.0850. The number of aliphatic carboxylic acids is 1. The zero-order valence-corrected chi connectivity index (χ0v) is 14.6. The second kappa shape index (κ2) is 9.31. The van der Waals surface area contributed by atoms with Gasteiger partial charge in [0.15, 0.2) is 0 Å². The molecule has 0 saturated heterocycles. The predicted molar refractivity (Wildman–Crippen MR) is 94.3 cm³/mol. The van der Waals surface area contributed by atoms with Crippen LogP contribution in [0.2, 0.25) is 0 Å². The molecule has 0 unspecified atom stereocenters. The van der Waals surface area contributed by atoms with Gasteiger partial charge in [-0.1, -0.05) is 30.3 Å². The third-order valence-corrected chi connectivity index (χ3v) is 3.70. The van der Waals surface area contributed by atoms with Crippen LogP contribution in [-0.4, -0.2) is 31.4 Å². The molecule has 2 rings (SSSR count). The van der Waals surface area contributed by atoms with Gasteiger partial charge in [0.05, 0.1) is 26.7 Å². The number of benzene rings is 2. The predicted octanol–water partition coefficient (Wildman–Crippen LogP) is 3.15. The number of carbonyl (C=O) groups is 2. The first-order valence-electron chi connectivity index (χ1n) is 7.94. The van der Waals surface area contributed by atoms with Gasteiger partial charge in [0.25, 0.3) is 0 Å². The molecule has 7 heteroatoms. The van der Waals surface area contributed by atoms with Gasteiger partial charge in [0.1, 0.15) is 18.1 Å². The summed E-state index contributed by atoms with van der Waals surface area (Å²) in [5, 5.41) is 11.8. The van der Waals surface area contributed by atoms with E-state index in [9.17, 15) is 14.7 Å². The van der Waals surface area contributed by atoms with Crippen LogP contribution in [0.1, 0.15) is 23.6 Å². The van der Waals surface area contributed by atoms with Gasteiger partial charge in [0, 0.05) is 5.56 Å². The maximum atomic E-state index is 12.1. The Morgan fingerprint density at radius 2 is 1.81 bits per heavy atom. The minimum absolute atomic E-state index is 0.0850. The van der Waals surface area contributed by atoms with E-state index in [-0.39, 0.29) is 13.0 Å². The number of carboxylic acid groups (broad SMARTS) is 1. The van der Waals surface area contributed by atoms with E-state index in [1.807, 2.05) is 30.3 Å². The Kier molecular flexibility index (Phi) is 6.84. The quantitative estimate of drug-likeness (QED) is 0.752. The average Bonchev–Trinajstić information content (AvgIpc) is 2.65. The van der Waals surface area contributed by atoms with Gasteiger partial charge in [-0.2, -0.15) is 0 Å². The van der Waals surface area contributed by atoms with E-state index in [2.05, 4.69) is 5.32 Å². The third kappa shape index (κ3) is 5.41. The lowest BCUT2D eigenvalue weighted by Crippen LogP contribution is -2.31. The van der Waals surface area contributed by atoms with Gasteiger partial charge in [-0.05, 0) is 23.8 Å². The summed E-state index contributed by atoms with van der Waals surface area (Å²) in [5.74, 6) is -0.0979. The van der Waals surface area contributed by atoms with Crippen molar-refractivity contribution in [3.63, 3.8) is 0 Å².